The lowest BCUT2D eigenvalue weighted by Gasteiger charge is -2.41. The van der Waals surface area contributed by atoms with Crippen LogP contribution in [0.1, 0.15) is 49.4 Å². The molecule has 4 aromatic rings. The van der Waals surface area contributed by atoms with Gasteiger partial charge in [-0.2, -0.15) is 5.10 Å². The number of pyridine rings is 1. The molecule has 0 radical (unpaired) electrons. The van der Waals surface area contributed by atoms with Crippen LogP contribution < -0.4 is 4.74 Å². The molecule has 0 aliphatic carbocycles. The Morgan fingerprint density at radius 2 is 1.51 bits per heavy atom. The average molecular weight is 624 g/mol. The maximum atomic E-state index is 12.8. The largest absolute Gasteiger partial charge is 0.573 e. The Balaban J connectivity index is 1.26. The first kappa shape index (κ1) is 30.2. The average Bonchev–Trinajstić information content (AvgIpc) is 3.29. The second-order valence-electron chi connectivity index (χ2n) is 12.2. The van der Waals surface area contributed by atoms with E-state index in [1.54, 1.807) is 20.7 Å². The normalized spacial score (nSPS) is 15.9. The molecule has 6 rings (SSSR count). The van der Waals surface area contributed by atoms with Crippen LogP contribution in [-0.2, 0) is 16.1 Å². The van der Waals surface area contributed by atoms with Crippen LogP contribution in [0.2, 0.25) is 0 Å². The fraction of sp³-hybridized carbons (Fsp3) is 0.375. The van der Waals surface area contributed by atoms with E-state index in [1.807, 2.05) is 57.2 Å². The molecular formula is C32H32F3N5O5. The number of alkyl halides is 3. The highest BCUT2D eigenvalue weighted by molar-refractivity contribution is 5.86. The molecule has 0 saturated carbocycles. The van der Waals surface area contributed by atoms with E-state index in [9.17, 15) is 22.8 Å². The van der Waals surface area contributed by atoms with Gasteiger partial charge >= 0.3 is 18.5 Å². The van der Waals surface area contributed by atoms with Gasteiger partial charge in [0.15, 0.2) is 5.65 Å². The summed E-state index contributed by atoms with van der Waals surface area (Å²) in [4.78, 5) is 33.2. The number of nitrogens with zero attached hydrogens (tertiary/aromatic N) is 5. The number of hydrogen-bond acceptors (Lipinski definition) is 7. The zero-order valence-corrected chi connectivity index (χ0v) is 25.0. The molecule has 2 amide bonds. The number of hydrogen-bond donors (Lipinski definition) is 0. The second kappa shape index (κ2) is 11.6. The van der Waals surface area contributed by atoms with Crippen LogP contribution in [0.15, 0.2) is 66.9 Å². The van der Waals surface area contributed by atoms with E-state index >= 15 is 0 Å². The summed E-state index contributed by atoms with van der Waals surface area (Å²) < 4.78 is 54.8. The van der Waals surface area contributed by atoms with E-state index in [0.29, 0.717) is 43.2 Å². The molecule has 0 N–H and O–H groups in total. The predicted octanol–water partition coefficient (Wildman–Crippen LogP) is 6.39. The number of likely N-dealkylation sites (tertiary alicyclic amines) is 2. The predicted molar refractivity (Wildman–Crippen MR) is 157 cm³/mol. The van der Waals surface area contributed by atoms with Crippen LogP contribution in [0, 0.1) is 0 Å². The third kappa shape index (κ3) is 6.66. The smallest absolute Gasteiger partial charge is 0.445 e. The first-order valence-corrected chi connectivity index (χ1v) is 14.5. The van der Waals surface area contributed by atoms with E-state index in [2.05, 4.69) is 9.72 Å². The van der Waals surface area contributed by atoms with Gasteiger partial charge in [-0.15, -0.1) is 13.2 Å². The Hall–Kier alpha value is -4.81. The maximum Gasteiger partial charge on any atom is 0.573 e. The number of ether oxygens (including phenoxy) is 3. The number of rotatable bonds is 6. The summed E-state index contributed by atoms with van der Waals surface area (Å²) in [5, 5.41) is 5.68. The summed E-state index contributed by atoms with van der Waals surface area (Å²) in [7, 11) is 0. The van der Waals surface area contributed by atoms with E-state index < -0.39 is 18.1 Å². The van der Waals surface area contributed by atoms with Crippen molar-refractivity contribution in [3.8, 4) is 11.4 Å². The van der Waals surface area contributed by atoms with Crippen LogP contribution in [0.4, 0.5) is 22.8 Å². The summed E-state index contributed by atoms with van der Waals surface area (Å²) in [6, 6.07) is 16.7. The molecular weight excluding hydrogens is 591 g/mol. The summed E-state index contributed by atoms with van der Waals surface area (Å²) in [5.41, 5.74) is 2.95. The molecule has 0 unspecified atom stereocenters. The van der Waals surface area contributed by atoms with Crippen molar-refractivity contribution in [3.63, 3.8) is 0 Å². The lowest BCUT2D eigenvalue weighted by atomic mass is 9.86. The highest BCUT2D eigenvalue weighted by Crippen LogP contribution is 2.39. The van der Waals surface area contributed by atoms with Gasteiger partial charge in [0.2, 0.25) is 0 Å². The summed E-state index contributed by atoms with van der Waals surface area (Å²) in [5.74, 6) is -0.484. The topological polar surface area (TPSA) is 99.0 Å². The Morgan fingerprint density at radius 1 is 0.867 bits per heavy atom. The van der Waals surface area contributed by atoms with Gasteiger partial charge in [0.1, 0.15) is 18.0 Å². The summed E-state index contributed by atoms with van der Waals surface area (Å²) in [6.07, 6.45) is -3.96. The van der Waals surface area contributed by atoms with Crippen molar-refractivity contribution in [2.45, 2.75) is 51.2 Å². The molecule has 2 aromatic carbocycles. The maximum absolute atomic E-state index is 12.8. The molecule has 2 aliphatic heterocycles. The second-order valence-corrected chi connectivity index (χ2v) is 12.2. The summed E-state index contributed by atoms with van der Waals surface area (Å²) in [6.45, 7) is 7.26. The van der Waals surface area contributed by atoms with Crippen LogP contribution in [-0.4, -0.2) is 74.9 Å². The molecule has 2 fully saturated rings. The number of halogens is 3. The number of amides is 2. The van der Waals surface area contributed by atoms with E-state index in [1.165, 1.54) is 24.3 Å². The standard InChI is InChI=1S/C32H32F3N5O5/c1-31(2,3)45-30(42)39-15-21(16-39)25-13-14-36-28-26(25)27(37-40(28)23-9-11-24(12-10-23)44-32(33,34)35)22-17-38(18-22)29(41)43-19-20-7-5-4-6-8-20/h4-14,21-22H,15-19H2,1-3H3. The van der Waals surface area contributed by atoms with Crippen molar-refractivity contribution in [1.29, 1.82) is 0 Å². The van der Waals surface area contributed by atoms with Crippen LogP contribution in [0.25, 0.3) is 16.7 Å². The number of fused-ring (bicyclic) bond motifs is 1. The van der Waals surface area contributed by atoms with Gasteiger partial charge in [-0.3, -0.25) is 0 Å². The van der Waals surface area contributed by atoms with Gasteiger partial charge in [-0.1, -0.05) is 30.3 Å². The highest BCUT2D eigenvalue weighted by Gasteiger charge is 2.40. The van der Waals surface area contributed by atoms with Gasteiger partial charge in [-0.25, -0.2) is 19.3 Å². The third-order valence-electron chi connectivity index (χ3n) is 7.65. The Kier molecular flexibility index (Phi) is 7.79. The minimum Gasteiger partial charge on any atom is -0.445 e. The number of carbonyl (C=O) groups excluding carboxylic acids is 2. The minimum absolute atomic E-state index is 0.00556. The lowest BCUT2D eigenvalue weighted by molar-refractivity contribution is -0.274. The van der Waals surface area contributed by atoms with Crippen molar-refractivity contribution in [2.24, 2.45) is 0 Å². The summed E-state index contributed by atoms with van der Waals surface area (Å²) >= 11 is 0. The molecule has 0 spiro atoms. The van der Waals surface area contributed by atoms with Crippen LogP contribution in [0.3, 0.4) is 0 Å². The zero-order valence-electron chi connectivity index (χ0n) is 25.0. The van der Waals surface area contributed by atoms with Crippen molar-refractivity contribution in [3.05, 3.63) is 83.7 Å². The van der Waals surface area contributed by atoms with Crippen molar-refractivity contribution < 1.29 is 37.0 Å². The fourth-order valence-electron chi connectivity index (χ4n) is 5.45. The molecule has 13 heteroatoms. The fourth-order valence-corrected chi connectivity index (χ4v) is 5.45. The number of benzene rings is 2. The van der Waals surface area contributed by atoms with Gasteiger partial charge in [0, 0.05) is 49.6 Å². The quantitative estimate of drug-likeness (QED) is 0.246. The monoisotopic (exact) mass is 623 g/mol. The number of carbonyl (C=O) groups is 2. The SMILES string of the molecule is CC(C)(C)OC(=O)N1CC(c2ccnc3c2c(C2CN(C(=O)OCc4ccccc4)C2)nn3-c2ccc(OC(F)(F)F)cc2)C1. The number of aromatic nitrogens is 3. The van der Waals surface area contributed by atoms with Gasteiger partial charge in [0.25, 0.3) is 0 Å². The molecule has 45 heavy (non-hydrogen) atoms. The van der Waals surface area contributed by atoms with Gasteiger partial charge in [-0.05, 0) is 62.2 Å². The lowest BCUT2D eigenvalue weighted by Crippen LogP contribution is -2.50. The van der Waals surface area contributed by atoms with Crippen molar-refractivity contribution in [2.75, 3.05) is 26.2 Å². The first-order valence-electron chi connectivity index (χ1n) is 14.5. The molecule has 236 valence electrons. The van der Waals surface area contributed by atoms with E-state index in [4.69, 9.17) is 14.6 Å². The molecule has 4 heterocycles. The highest BCUT2D eigenvalue weighted by atomic mass is 19.4. The van der Waals surface area contributed by atoms with Crippen molar-refractivity contribution >= 4 is 23.2 Å². The first-order chi connectivity index (χ1) is 21.3. The molecule has 2 aromatic heterocycles. The molecule has 2 aliphatic rings. The van der Waals surface area contributed by atoms with Crippen LogP contribution in [0.5, 0.6) is 5.75 Å². The van der Waals surface area contributed by atoms with Crippen molar-refractivity contribution in [1.82, 2.24) is 24.6 Å². The minimum atomic E-state index is -4.81. The van der Waals surface area contributed by atoms with E-state index in [0.717, 1.165) is 16.5 Å². The Bertz CT molecular complexity index is 1690. The third-order valence-corrected chi connectivity index (χ3v) is 7.65. The Labute approximate surface area is 257 Å². The molecule has 0 atom stereocenters. The molecule has 0 bridgehead atoms. The van der Waals surface area contributed by atoms with Crippen LogP contribution >= 0.6 is 0 Å². The molecule has 2 saturated heterocycles. The zero-order chi connectivity index (χ0) is 31.9. The van der Waals surface area contributed by atoms with Gasteiger partial charge < -0.3 is 24.0 Å². The molecule has 10 nitrogen and oxygen atoms in total. The van der Waals surface area contributed by atoms with Gasteiger partial charge in [0.05, 0.1) is 11.4 Å². The Morgan fingerprint density at radius 3 is 2.16 bits per heavy atom. The van der Waals surface area contributed by atoms with E-state index in [-0.39, 0.29) is 30.3 Å².